The molecule has 0 spiro atoms. The Morgan fingerprint density at radius 1 is 0.905 bits per heavy atom. The number of rotatable bonds is 4. The lowest BCUT2D eigenvalue weighted by Crippen LogP contribution is -2.53. The summed E-state index contributed by atoms with van der Waals surface area (Å²) in [7, 11) is 0. The first-order chi connectivity index (χ1) is 10.2. The molecule has 4 nitrogen and oxygen atoms in total. The van der Waals surface area contributed by atoms with Gasteiger partial charge in [-0.05, 0) is 25.7 Å². The molecule has 2 fully saturated rings. The lowest BCUT2D eigenvalue weighted by molar-refractivity contribution is -0.144. The van der Waals surface area contributed by atoms with E-state index in [9.17, 15) is 9.59 Å². The highest BCUT2D eigenvalue weighted by Crippen LogP contribution is 2.26. The van der Waals surface area contributed by atoms with Crippen LogP contribution in [0.4, 0.5) is 0 Å². The molecular formula is C17H30N2O2. The Kier molecular flexibility index (Phi) is 6.07. The van der Waals surface area contributed by atoms with E-state index in [1.165, 1.54) is 19.3 Å². The smallest absolute Gasteiger partial charge is 0.225 e. The van der Waals surface area contributed by atoms with Crippen molar-refractivity contribution in [1.29, 1.82) is 0 Å². The highest BCUT2D eigenvalue weighted by atomic mass is 16.2. The van der Waals surface area contributed by atoms with E-state index in [2.05, 4.69) is 13.8 Å². The van der Waals surface area contributed by atoms with Gasteiger partial charge in [0.1, 0.15) is 0 Å². The highest BCUT2D eigenvalue weighted by Gasteiger charge is 2.30. The van der Waals surface area contributed by atoms with Gasteiger partial charge >= 0.3 is 0 Å². The molecule has 1 aliphatic carbocycles. The molecule has 2 rings (SSSR count). The Hall–Kier alpha value is -1.06. The molecule has 1 saturated heterocycles. The van der Waals surface area contributed by atoms with Crippen molar-refractivity contribution in [3.8, 4) is 0 Å². The molecular weight excluding hydrogens is 264 g/mol. The van der Waals surface area contributed by atoms with Gasteiger partial charge in [0.2, 0.25) is 11.8 Å². The van der Waals surface area contributed by atoms with Crippen LogP contribution in [-0.2, 0) is 9.59 Å². The van der Waals surface area contributed by atoms with Gasteiger partial charge in [-0.1, -0.05) is 33.1 Å². The highest BCUT2D eigenvalue weighted by molar-refractivity contribution is 5.81. The third-order valence-corrected chi connectivity index (χ3v) is 5.19. The maximum Gasteiger partial charge on any atom is 0.225 e. The normalized spacial score (nSPS) is 20.9. The predicted octanol–water partition coefficient (Wildman–Crippen LogP) is 2.67. The van der Waals surface area contributed by atoms with Crippen LogP contribution in [0.3, 0.4) is 0 Å². The summed E-state index contributed by atoms with van der Waals surface area (Å²) >= 11 is 0. The van der Waals surface area contributed by atoms with Gasteiger partial charge in [-0.2, -0.15) is 0 Å². The summed E-state index contributed by atoms with van der Waals surface area (Å²) in [6.45, 7) is 7.04. The summed E-state index contributed by atoms with van der Waals surface area (Å²) < 4.78 is 0. The first-order valence-corrected chi connectivity index (χ1v) is 8.74. The van der Waals surface area contributed by atoms with Crippen molar-refractivity contribution in [3.05, 3.63) is 0 Å². The second-order valence-corrected chi connectivity index (χ2v) is 6.50. The maximum absolute atomic E-state index is 12.5. The quantitative estimate of drug-likeness (QED) is 0.800. The minimum Gasteiger partial charge on any atom is -0.339 e. The molecule has 0 N–H and O–H groups in total. The Bertz CT molecular complexity index is 352. The first-order valence-electron chi connectivity index (χ1n) is 8.74. The van der Waals surface area contributed by atoms with Crippen LogP contribution in [-0.4, -0.2) is 47.8 Å². The second kappa shape index (κ2) is 7.81. The average molecular weight is 294 g/mol. The van der Waals surface area contributed by atoms with Crippen LogP contribution >= 0.6 is 0 Å². The van der Waals surface area contributed by atoms with Crippen molar-refractivity contribution in [2.24, 2.45) is 11.8 Å². The Balaban J connectivity index is 1.82. The molecule has 1 saturated carbocycles. The fourth-order valence-corrected chi connectivity index (χ4v) is 3.65. The number of piperazine rings is 1. The van der Waals surface area contributed by atoms with Gasteiger partial charge in [0, 0.05) is 38.0 Å². The van der Waals surface area contributed by atoms with E-state index in [4.69, 9.17) is 0 Å². The van der Waals surface area contributed by atoms with Gasteiger partial charge in [-0.15, -0.1) is 0 Å². The SMILES string of the molecule is CCC(CC)C(=O)N1CCN(C(=O)C2CCCCC2)CC1. The Labute approximate surface area is 128 Å². The summed E-state index contributed by atoms with van der Waals surface area (Å²) in [4.78, 5) is 28.8. The lowest BCUT2D eigenvalue weighted by atomic mass is 9.88. The van der Waals surface area contributed by atoms with E-state index in [0.717, 1.165) is 38.8 Å². The summed E-state index contributed by atoms with van der Waals surface area (Å²) in [5.41, 5.74) is 0. The van der Waals surface area contributed by atoms with Crippen LogP contribution in [0.1, 0.15) is 58.8 Å². The molecule has 0 aromatic rings. The zero-order chi connectivity index (χ0) is 15.2. The Morgan fingerprint density at radius 2 is 1.43 bits per heavy atom. The summed E-state index contributed by atoms with van der Waals surface area (Å²) in [5.74, 6) is 1.03. The van der Waals surface area contributed by atoms with Crippen LogP contribution in [0.15, 0.2) is 0 Å². The molecule has 2 aliphatic rings. The number of carbonyl (C=O) groups is 2. The molecule has 0 atom stereocenters. The third-order valence-electron chi connectivity index (χ3n) is 5.19. The van der Waals surface area contributed by atoms with Gasteiger partial charge in [-0.25, -0.2) is 0 Å². The molecule has 0 aromatic heterocycles. The topological polar surface area (TPSA) is 40.6 Å². The van der Waals surface area contributed by atoms with E-state index in [1.54, 1.807) is 0 Å². The second-order valence-electron chi connectivity index (χ2n) is 6.50. The molecule has 4 heteroatoms. The third kappa shape index (κ3) is 3.98. The maximum atomic E-state index is 12.5. The van der Waals surface area contributed by atoms with Crippen molar-refractivity contribution in [2.75, 3.05) is 26.2 Å². The molecule has 1 aliphatic heterocycles. The number of hydrogen-bond acceptors (Lipinski definition) is 2. The zero-order valence-corrected chi connectivity index (χ0v) is 13.6. The number of amides is 2. The molecule has 0 bridgehead atoms. The monoisotopic (exact) mass is 294 g/mol. The van der Waals surface area contributed by atoms with E-state index in [1.807, 2.05) is 9.80 Å². The van der Waals surface area contributed by atoms with Crippen molar-refractivity contribution in [1.82, 2.24) is 9.80 Å². The molecule has 120 valence electrons. The zero-order valence-electron chi connectivity index (χ0n) is 13.6. The fourth-order valence-electron chi connectivity index (χ4n) is 3.65. The molecule has 21 heavy (non-hydrogen) atoms. The number of nitrogens with zero attached hydrogens (tertiary/aromatic N) is 2. The number of hydrogen-bond donors (Lipinski definition) is 0. The molecule has 2 amide bonds. The van der Waals surface area contributed by atoms with Gasteiger partial charge < -0.3 is 9.80 Å². The lowest BCUT2D eigenvalue weighted by Gasteiger charge is -2.38. The summed E-state index contributed by atoms with van der Waals surface area (Å²) in [5, 5.41) is 0. The van der Waals surface area contributed by atoms with Gasteiger partial charge in [0.15, 0.2) is 0 Å². The fraction of sp³-hybridized carbons (Fsp3) is 0.882. The summed E-state index contributed by atoms with van der Waals surface area (Å²) in [6.07, 6.45) is 7.62. The van der Waals surface area contributed by atoms with Gasteiger partial charge in [0.05, 0.1) is 0 Å². The molecule has 0 aromatic carbocycles. The molecule has 0 radical (unpaired) electrons. The van der Waals surface area contributed by atoms with E-state index in [-0.39, 0.29) is 17.7 Å². The Morgan fingerprint density at radius 3 is 1.95 bits per heavy atom. The van der Waals surface area contributed by atoms with Gasteiger partial charge in [-0.3, -0.25) is 9.59 Å². The average Bonchev–Trinajstić information content (AvgIpc) is 2.56. The van der Waals surface area contributed by atoms with Crippen molar-refractivity contribution >= 4 is 11.8 Å². The van der Waals surface area contributed by atoms with Crippen molar-refractivity contribution < 1.29 is 9.59 Å². The standard InChI is InChI=1S/C17H30N2O2/c1-3-14(4-2)16(20)18-10-12-19(13-11-18)17(21)15-8-6-5-7-9-15/h14-15H,3-13H2,1-2H3. The van der Waals surface area contributed by atoms with Crippen LogP contribution in [0.2, 0.25) is 0 Å². The van der Waals surface area contributed by atoms with Crippen LogP contribution in [0.25, 0.3) is 0 Å². The van der Waals surface area contributed by atoms with Crippen LogP contribution < -0.4 is 0 Å². The van der Waals surface area contributed by atoms with Gasteiger partial charge in [0.25, 0.3) is 0 Å². The van der Waals surface area contributed by atoms with Crippen LogP contribution in [0, 0.1) is 11.8 Å². The van der Waals surface area contributed by atoms with Crippen LogP contribution in [0.5, 0.6) is 0 Å². The van der Waals surface area contributed by atoms with E-state index in [0.29, 0.717) is 19.0 Å². The minimum absolute atomic E-state index is 0.158. The first kappa shape index (κ1) is 16.3. The molecule has 1 heterocycles. The van der Waals surface area contributed by atoms with Crippen molar-refractivity contribution in [3.63, 3.8) is 0 Å². The van der Waals surface area contributed by atoms with Crippen molar-refractivity contribution in [2.45, 2.75) is 58.8 Å². The van der Waals surface area contributed by atoms with E-state index < -0.39 is 0 Å². The number of carbonyl (C=O) groups excluding carboxylic acids is 2. The summed E-state index contributed by atoms with van der Waals surface area (Å²) in [6, 6.07) is 0. The largest absolute Gasteiger partial charge is 0.339 e. The minimum atomic E-state index is 0.158. The molecule has 0 unspecified atom stereocenters. The predicted molar refractivity (Wildman–Crippen MR) is 83.8 cm³/mol. The van der Waals surface area contributed by atoms with E-state index >= 15 is 0 Å².